The molecule has 6 nitrogen and oxygen atoms in total. The van der Waals surface area contributed by atoms with E-state index in [1.165, 1.54) is 0 Å². The Morgan fingerprint density at radius 1 is 1.53 bits per heavy atom. The molecule has 0 radical (unpaired) electrons. The number of amides is 1. The maximum absolute atomic E-state index is 11.2. The van der Waals surface area contributed by atoms with Gasteiger partial charge in [-0.25, -0.2) is 0 Å². The second kappa shape index (κ2) is 6.01. The zero-order valence-electron chi connectivity index (χ0n) is 10.8. The molecule has 0 fully saturated rings. The topological polar surface area (TPSA) is 82.0 Å². The highest BCUT2D eigenvalue weighted by Gasteiger charge is 2.16. The fourth-order valence-corrected chi connectivity index (χ4v) is 2.02. The molecule has 6 heteroatoms. The molecule has 2 rings (SSSR count). The van der Waals surface area contributed by atoms with Crippen LogP contribution >= 0.6 is 0 Å². The van der Waals surface area contributed by atoms with E-state index >= 15 is 0 Å². The summed E-state index contributed by atoms with van der Waals surface area (Å²) in [5.41, 5.74) is 1.67. The van der Waals surface area contributed by atoms with Gasteiger partial charge in [0, 0.05) is 13.1 Å². The lowest BCUT2D eigenvalue weighted by Crippen LogP contribution is -2.31. The van der Waals surface area contributed by atoms with Gasteiger partial charge in [0.15, 0.2) is 6.61 Å². The van der Waals surface area contributed by atoms with Crippen LogP contribution in [0.2, 0.25) is 0 Å². The number of likely N-dealkylation sites (N-methyl/N-ethyl adjacent to an activating group) is 1. The number of carbonyl (C=O) groups is 1. The molecule has 0 bridgehead atoms. The zero-order valence-corrected chi connectivity index (χ0v) is 10.8. The lowest BCUT2D eigenvalue weighted by molar-refractivity contribution is -0.118. The van der Waals surface area contributed by atoms with Crippen LogP contribution in [0.5, 0.6) is 5.75 Å². The third-order valence-electron chi connectivity index (χ3n) is 2.86. The van der Waals surface area contributed by atoms with Crippen LogP contribution in [0.25, 0.3) is 0 Å². The first-order valence-corrected chi connectivity index (χ1v) is 6.11. The molecule has 0 saturated carbocycles. The molecule has 0 saturated heterocycles. The largest absolute Gasteiger partial charge is 0.482 e. The van der Waals surface area contributed by atoms with Crippen molar-refractivity contribution < 1.29 is 19.7 Å². The van der Waals surface area contributed by atoms with E-state index in [0.29, 0.717) is 24.5 Å². The van der Waals surface area contributed by atoms with Crippen molar-refractivity contribution in [2.24, 2.45) is 0 Å². The van der Waals surface area contributed by atoms with Gasteiger partial charge in [-0.1, -0.05) is 6.07 Å². The van der Waals surface area contributed by atoms with Gasteiger partial charge in [-0.15, -0.1) is 0 Å². The molecule has 1 aliphatic rings. The summed E-state index contributed by atoms with van der Waals surface area (Å²) in [6, 6.07) is 5.59. The van der Waals surface area contributed by atoms with Crippen molar-refractivity contribution in [3.05, 3.63) is 23.8 Å². The number of fused-ring (bicyclic) bond motifs is 1. The van der Waals surface area contributed by atoms with Crippen LogP contribution < -0.4 is 10.1 Å². The quantitative estimate of drug-likeness (QED) is 0.688. The van der Waals surface area contributed by atoms with Crippen LogP contribution in [0.15, 0.2) is 18.2 Å². The number of nitrogens with one attached hydrogen (secondary N) is 1. The number of aliphatic hydroxyl groups is 2. The van der Waals surface area contributed by atoms with E-state index in [1.54, 1.807) is 0 Å². The van der Waals surface area contributed by atoms with Crippen LogP contribution in [0.1, 0.15) is 5.56 Å². The minimum atomic E-state index is -0.745. The summed E-state index contributed by atoms with van der Waals surface area (Å²) in [6.07, 6.45) is -0.745. The summed E-state index contributed by atoms with van der Waals surface area (Å²) in [6.45, 7) is 0.796. The van der Waals surface area contributed by atoms with Crippen molar-refractivity contribution in [1.82, 2.24) is 4.90 Å². The van der Waals surface area contributed by atoms with Crippen molar-refractivity contribution in [2.75, 3.05) is 32.1 Å². The first-order valence-electron chi connectivity index (χ1n) is 6.11. The molecule has 1 heterocycles. The SMILES string of the molecule is CN(Cc1ccc2c(c1)NC(=O)CO2)CC(O)CO. The molecule has 1 aromatic rings. The summed E-state index contributed by atoms with van der Waals surface area (Å²) in [4.78, 5) is 13.1. The number of anilines is 1. The van der Waals surface area contributed by atoms with Gasteiger partial charge < -0.3 is 20.3 Å². The van der Waals surface area contributed by atoms with Crippen molar-refractivity contribution in [3.63, 3.8) is 0 Å². The molecule has 1 aliphatic heterocycles. The van der Waals surface area contributed by atoms with Crippen molar-refractivity contribution in [2.45, 2.75) is 12.6 Å². The average Bonchev–Trinajstić information content (AvgIpc) is 2.37. The van der Waals surface area contributed by atoms with Gasteiger partial charge in [0.05, 0.1) is 18.4 Å². The number of hydrogen-bond donors (Lipinski definition) is 3. The number of nitrogens with zero attached hydrogens (tertiary/aromatic N) is 1. The molecule has 0 spiro atoms. The normalized spacial score (nSPS) is 15.7. The number of benzene rings is 1. The van der Waals surface area contributed by atoms with Crippen LogP contribution in [0.4, 0.5) is 5.69 Å². The number of hydrogen-bond acceptors (Lipinski definition) is 5. The molecule has 1 aromatic carbocycles. The Balaban J connectivity index is 2.01. The second-order valence-corrected chi connectivity index (χ2v) is 4.70. The Bertz CT molecular complexity index is 464. The predicted octanol–water partition coefficient (Wildman–Crippen LogP) is -0.197. The Kier molecular flexibility index (Phi) is 4.36. The van der Waals surface area contributed by atoms with Crippen LogP contribution in [0, 0.1) is 0 Å². The van der Waals surface area contributed by atoms with Crippen LogP contribution in [-0.2, 0) is 11.3 Å². The van der Waals surface area contributed by atoms with Gasteiger partial charge in [0.2, 0.25) is 0 Å². The first kappa shape index (κ1) is 13.8. The minimum Gasteiger partial charge on any atom is -0.482 e. The van der Waals surface area contributed by atoms with E-state index in [-0.39, 0.29) is 19.1 Å². The summed E-state index contributed by atoms with van der Waals surface area (Å²) >= 11 is 0. The van der Waals surface area contributed by atoms with E-state index in [4.69, 9.17) is 9.84 Å². The van der Waals surface area contributed by atoms with Crippen molar-refractivity contribution in [1.29, 1.82) is 0 Å². The first-order chi connectivity index (χ1) is 9.08. The number of aliphatic hydroxyl groups excluding tert-OH is 2. The smallest absolute Gasteiger partial charge is 0.262 e. The van der Waals surface area contributed by atoms with Gasteiger partial charge in [-0.3, -0.25) is 9.69 Å². The fraction of sp³-hybridized carbons (Fsp3) is 0.462. The van der Waals surface area contributed by atoms with Gasteiger partial charge in [0.1, 0.15) is 5.75 Å². The monoisotopic (exact) mass is 266 g/mol. The number of ether oxygens (including phenoxy) is 1. The number of rotatable bonds is 5. The van der Waals surface area contributed by atoms with E-state index in [1.807, 2.05) is 30.1 Å². The highest BCUT2D eigenvalue weighted by Crippen LogP contribution is 2.28. The fourth-order valence-electron chi connectivity index (χ4n) is 2.02. The van der Waals surface area contributed by atoms with Gasteiger partial charge >= 0.3 is 0 Å². The standard InChI is InChI=1S/C13H18N2O4/c1-15(6-10(17)7-16)5-9-2-3-12-11(4-9)14-13(18)8-19-12/h2-4,10,16-17H,5-8H2,1H3,(H,14,18). The zero-order chi connectivity index (χ0) is 13.8. The molecule has 0 aromatic heterocycles. The third kappa shape index (κ3) is 3.66. The third-order valence-corrected chi connectivity index (χ3v) is 2.86. The second-order valence-electron chi connectivity index (χ2n) is 4.70. The Morgan fingerprint density at radius 2 is 2.32 bits per heavy atom. The van der Waals surface area contributed by atoms with Crippen molar-refractivity contribution >= 4 is 11.6 Å². The Labute approximate surface area is 111 Å². The molecular weight excluding hydrogens is 248 g/mol. The summed E-state index contributed by atoms with van der Waals surface area (Å²) in [7, 11) is 1.85. The summed E-state index contributed by atoms with van der Waals surface area (Å²) in [5.74, 6) is 0.509. The molecular formula is C13H18N2O4. The summed E-state index contributed by atoms with van der Waals surface area (Å²) < 4.78 is 5.28. The highest BCUT2D eigenvalue weighted by molar-refractivity contribution is 5.95. The maximum atomic E-state index is 11.2. The molecule has 104 valence electrons. The molecule has 19 heavy (non-hydrogen) atoms. The average molecular weight is 266 g/mol. The summed E-state index contributed by atoms with van der Waals surface area (Å²) in [5, 5.41) is 20.9. The van der Waals surface area contributed by atoms with Gasteiger partial charge in [0.25, 0.3) is 5.91 Å². The van der Waals surface area contributed by atoms with Gasteiger partial charge in [-0.05, 0) is 24.7 Å². The van der Waals surface area contributed by atoms with Crippen LogP contribution in [-0.4, -0.2) is 53.9 Å². The van der Waals surface area contributed by atoms with Crippen molar-refractivity contribution in [3.8, 4) is 5.75 Å². The Morgan fingerprint density at radius 3 is 3.05 bits per heavy atom. The van der Waals surface area contributed by atoms with Crippen LogP contribution in [0.3, 0.4) is 0 Å². The lowest BCUT2D eigenvalue weighted by Gasteiger charge is -2.22. The van der Waals surface area contributed by atoms with Gasteiger partial charge in [-0.2, -0.15) is 0 Å². The molecule has 1 unspecified atom stereocenters. The molecule has 0 aliphatic carbocycles. The lowest BCUT2D eigenvalue weighted by atomic mass is 10.1. The molecule has 1 amide bonds. The van der Waals surface area contributed by atoms with E-state index < -0.39 is 6.10 Å². The highest BCUT2D eigenvalue weighted by atomic mass is 16.5. The van der Waals surface area contributed by atoms with E-state index in [2.05, 4.69) is 5.32 Å². The predicted molar refractivity (Wildman–Crippen MR) is 70.0 cm³/mol. The molecule has 1 atom stereocenters. The van der Waals surface area contributed by atoms with E-state index in [0.717, 1.165) is 5.56 Å². The Hall–Kier alpha value is -1.63. The molecule has 3 N–H and O–H groups in total. The van der Waals surface area contributed by atoms with E-state index in [9.17, 15) is 9.90 Å². The number of carbonyl (C=O) groups excluding carboxylic acids is 1. The maximum Gasteiger partial charge on any atom is 0.262 e. The minimum absolute atomic E-state index is 0.0505.